The third kappa shape index (κ3) is 4.51. The highest BCUT2D eigenvalue weighted by molar-refractivity contribution is 5.95. The topological polar surface area (TPSA) is 102 Å². The summed E-state index contributed by atoms with van der Waals surface area (Å²) in [5, 5.41) is 21.7. The van der Waals surface area contributed by atoms with E-state index in [0.717, 1.165) is 5.69 Å². The molecule has 150 valence electrons. The number of hydrogen-bond donors (Lipinski definition) is 3. The van der Waals surface area contributed by atoms with Gasteiger partial charge in [-0.25, -0.2) is 0 Å². The lowest BCUT2D eigenvalue weighted by molar-refractivity contribution is -0.125. The lowest BCUT2D eigenvalue weighted by Crippen LogP contribution is -2.55. The number of rotatable bonds is 7. The Bertz CT molecular complexity index is 680. The van der Waals surface area contributed by atoms with Crippen molar-refractivity contribution in [2.45, 2.75) is 31.3 Å². The van der Waals surface area contributed by atoms with Crippen LogP contribution in [0, 0.1) is 0 Å². The van der Waals surface area contributed by atoms with E-state index in [4.69, 9.17) is 4.74 Å². The maximum absolute atomic E-state index is 12.4. The standard InChI is InChI=1S/C19H29N3O5/c1-5-19(11-23,12-24)20-17(25)9-14-10-27-16-7-6-13(18(26)21(2)3)8-15(16)22(14)4/h6-8,14,23-24H,5,9-12H2,1-4H3,(H,20,25)/t14-/m0/s1. The number of amides is 2. The minimum absolute atomic E-state index is 0.107. The molecule has 0 spiro atoms. The average Bonchev–Trinajstić information content (AvgIpc) is 2.67. The van der Waals surface area contributed by atoms with Crippen LogP contribution in [0.5, 0.6) is 5.75 Å². The van der Waals surface area contributed by atoms with Gasteiger partial charge in [-0.2, -0.15) is 0 Å². The number of hydrogen-bond acceptors (Lipinski definition) is 6. The number of anilines is 1. The predicted octanol–water partition coefficient (Wildman–Crippen LogP) is 0.225. The molecule has 0 unspecified atom stereocenters. The van der Waals surface area contributed by atoms with Crippen molar-refractivity contribution in [1.82, 2.24) is 10.2 Å². The van der Waals surface area contributed by atoms with Crippen LogP contribution in [0.25, 0.3) is 0 Å². The Balaban J connectivity index is 2.13. The molecule has 0 radical (unpaired) electrons. The quantitative estimate of drug-likeness (QED) is 0.627. The predicted molar refractivity (Wildman–Crippen MR) is 102 cm³/mol. The van der Waals surface area contributed by atoms with Gasteiger partial charge in [0.2, 0.25) is 5.91 Å². The molecular weight excluding hydrogens is 350 g/mol. The Kier molecular flexibility index (Phi) is 6.67. The van der Waals surface area contributed by atoms with Gasteiger partial charge in [0, 0.05) is 26.7 Å². The Morgan fingerprint density at radius 2 is 2.00 bits per heavy atom. The first kappa shape index (κ1) is 21.0. The number of nitrogens with zero attached hydrogens (tertiary/aromatic N) is 2. The van der Waals surface area contributed by atoms with Gasteiger partial charge >= 0.3 is 0 Å². The molecule has 1 heterocycles. The molecule has 3 N–H and O–H groups in total. The van der Waals surface area contributed by atoms with E-state index in [-0.39, 0.29) is 37.5 Å². The van der Waals surface area contributed by atoms with Crippen molar-refractivity contribution in [2.75, 3.05) is 45.9 Å². The molecule has 1 aromatic carbocycles. The first-order valence-electron chi connectivity index (χ1n) is 9.01. The maximum atomic E-state index is 12.4. The fourth-order valence-electron chi connectivity index (χ4n) is 3.00. The highest BCUT2D eigenvalue weighted by Crippen LogP contribution is 2.34. The second-order valence-corrected chi connectivity index (χ2v) is 7.16. The molecule has 1 aliphatic rings. The minimum atomic E-state index is -1.02. The van der Waals surface area contributed by atoms with Crippen molar-refractivity contribution >= 4 is 17.5 Å². The van der Waals surface area contributed by atoms with Gasteiger partial charge in [0.05, 0.1) is 36.9 Å². The van der Waals surface area contributed by atoms with Gasteiger partial charge < -0.3 is 30.1 Å². The SMILES string of the molecule is CCC(CO)(CO)NC(=O)C[C@H]1COc2ccc(C(=O)N(C)C)cc2N1C. The number of nitrogens with one attached hydrogen (secondary N) is 1. The molecule has 8 heteroatoms. The third-order valence-corrected chi connectivity index (χ3v) is 5.08. The fourth-order valence-corrected chi connectivity index (χ4v) is 3.00. The first-order valence-corrected chi connectivity index (χ1v) is 9.01. The second kappa shape index (κ2) is 8.58. The van der Waals surface area contributed by atoms with Crippen molar-refractivity contribution in [3.63, 3.8) is 0 Å². The van der Waals surface area contributed by atoms with Crippen LogP contribution in [0.3, 0.4) is 0 Å². The van der Waals surface area contributed by atoms with Gasteiger partial charge in [-0.1, -0.05) is 6.92 Å². The Morgan fingerprint density at radius 3 is 2.56 bits per heavy atom. The molecule has 0 bridgehead atoms. The molecule has 2 rings (SSSR count). The van der Waals surface area contributed by atoms with Crippen LogP contribution in [0.15, 0.2) is 18.2 Å². The molecule has 0 saturated heterocycles. The van der Waals surface area contributed by atoms with E-state index >= 15 is 0 Å². The van der Waals surface area contributed by atoms with Crippen LogP contribution in [0.2, 0.25) is 0 Å². The van der Waals surface area contributed by atoms with Crippen molar-refractivity contribution in [3.05, 3.63) is 23.8 Å². The number of fused-ring (bicyclic) bond motifs is 1. The summed E-state index contributed by atoms with van der Waals surface area (Å²) in [4.78, 5) is 28.1. The third-order valence-electron chi connectivity index (χ3n) is 5.08. The zero-order valence-corrected chi connectivity index (χ0v) is 16.4. The summed E-state index contributed by atoms with van der Waals surface area (Å²) in [5.41, 5.74) is 0.275. The fraction of sp³-hybridized carbons (Fsp3) is 0.579. The molecule has 0 aromatic heterocycles. The summed E-state index contributed by atoms with van der Waals surface area (Å²) in [7, 11) is 5.24. The average molecular weight is 379 g/mol. The van der Waals surface area contributed by atoms with Crippen LogP contribution in [0.4, 0.5) is 5.69 Å². The maximum Gasteiger partial charge on any atom is 0.253 e. The van der Waals surface area contributed by atoms with Gasteiger partial charge in [-0.15, -0.1) is 0 Å². The molecule has 0 aliphatic carbocycles. The Hall–Kier alpha value is -2.32. The van der Waals surface area contributed by atoms with Crippen LogP contribution in [0.1, 0.15) is 30.1 Å². The van der Waals surface area contributed by atoms with E-state index in [9.17, 15) is 19.8 Å². The molecule has 1 aliphatic heterocycles. The molecular formula is C19H29N3O5. The summed E-state index contributed by atoms with van der Waals surface area (Å²) in [6, 6.07) is 5.02. The molecule has 1 atom stereocenters. The van der Waals surface area contributed by atoms with Crippen molar-refractivity contribution in [2.24, 2.45) is 0 Å². The molecule has 27 heavy (non-hydrogen) atoms. The largest absolute Gasteiger partial charge is 0.489 e. The van der Waals surface area contributed by atoms with E-state index in [1.807, 2.05) is 11.9 Å². The van der Waals surface area contributed by atoms with Gasteiger partial charge in [0.25, 0.3) is 5.91 Å². The highest BCUT2D eigenvalue weighted by Gasteiger charge is 2.32. The number of benzene rings is 1. The van der Waals surface area contributed by atoms with Crippen LogP contribution in [-0.2, 0) is 4.79 Å². The molecule has 2 amide bonds. The normalized spacial score (nSPS) is 16.4. The van der Waals surface area contributed by atoms with Crippen molar-refractivity contribution in [3.8, 4) is 5.75 Å². The summed E-state index contributed by atoms with van der Waals surface area (Å²) in [6.07, 6.45) is 0.561. The van der Waals surface area contributed by atoms with E-state index in [1.165, 1.54) is 4.90 Å². The molecule has 0 saturated carbocycles. The van der Waals surface area contributed by atoms with Crippen molar-refractivity contribution < 1.29 is 24.5 Å². The smallest absolute Gasteiger partial charge is 0.253 e. The van der Waals surface area contributed by atoms with Gasteiger partial charge in [-0.05, 0) is 24.6 Å². The summed E-state index contributed by atoms with van der Waals surface area (Å²) in [5.74, 6) is 0.284. The lowest BCUT2D eigenvalue weighted by Gasteiger charge is -2.37. The zero-order valence-electron chi connectivity index (χ0n) is 16.4. The monoisotopic (exact) mass is 379 g/mol. The van der Waals surface area contributed by atoms with Crippen LogP contribution in [-0.4, -0.2) is 79.5 Å². The molecule has 8 nitrogen and oxygen atoms in total. The number of aliphatic hydroxyl groups is 2. The Labute approximate surface area is 159 Å². The highest BCUT2D eigenvalue weighted by atomic mass is 16.5. The van der Waals surface area contributed by atoms with Gasteiger partial charge in [0.15, 0.2) is 0 Å². The summed E-state index contributed by atoms with van der Waals surface area (Å²) >= 11 is 0. The number of aliphatic hydroxyl groups excluding tert-OH is 2. The second-order valence-electron chi connectivity index (χ2n) is 7.16. The number of carbonyl (C=O) groups is 2. The van der Waals surface area contributed by atoms with E-state index in [1.54, 1.807) is 39.2 Å². The zero-order chi connectivity index (χ0) is 20.2. The van der Waals surface area contributed by atoms with E-state index in [2.05, 4.69) is 5.32 Å². The van der Waals surface area contributed by atoms with E-state index < -0.39 is 5.54 Å². The van der Waals surface area contributed by atoms with Crippen molar-refractivity contribution in [1.29, 1.82) is 0 Å². The first-order chi connectivity index (χ1) is 12.8. The minimum Gasteiger partial charge on any atom is -0.489 e. The number of likely N-dealkylation sites (N-methyl/N-ethyl adjacent to an activating group) is 1. The van der Waals surface area contributed by atoms with Gasteiger partial charge in [-0.3, -0.25) is 9.59 Å². The Morgan fingerprint density at radius 1 is 1.33 bits per heavy atom. The molecule has 1 aromatic rings. The van der Waals surface area contributed by atoms with Crippen LogP contribution >= 0.6 is 0 Å². The number of ether oxygens (including phenoxy) is 1. The summed E-state index contributed by atoms with van der Waals surface area (Å²) in [6.45, 7) is 1.46. The lowest BCUT2D eigenvalue weighted by atomic mass is 9.97. The van der Waals surface area contributed by atoms with Crippen LogP contribution < -0.4 is 15.0 Å². The number of carbonyl (C=O) groups excluding carboxylic acids is 2. The molecule has 0 fully saturated rings. The van der Waals surface area contributed by atoms with E-state index in [0.29, 0.717) is 24.3 Å². The summed E-state index contributed by atoms with van der Waals surface area (Å²) < 4.78 is 5.77. The van der Waals surface area contributed by atoms with Gasteiger partial charge in [0.1, 0.15) is 12.4 Å².